The fraction of sp³-hybridized carbons (Fsp3) is 0.421. The molecule has 1 unspecified atom stereocenters. The molecule has 1 aliphatic carbocycles. The van der Waals surface area contributed by atoms with E-state index >= 15 is 0 Å². The number of nitrogens with zero attached hydrogens (tertiary/aromatic N) is 1. The van der Waals surface area contributed by atoms with Crippen LogP contribution in [0.25, 0.3) is 0 Å². The van der Waals surface area contributed by atoms with E-state index in [0.717, 1.165) is 37.1 Å². The number of benzene rings is 1. The molecule has 0 bridgehead atoms. The maximum absolute atomic E-state index is 12.2. The Bertz CT molecular complexity index is 695. The van der Waals surface area contributed by atoms with E-state index < -0.39 is 0 Å². The molecule has 0 spiro atoms. The second-order valence-electron chi connectivity index (χ2n) is 6.09. The minimum atomic E-state index is 0.0684. The fourth-order valence-corrected chi connectivity index (χ4v) is 3.29. The van der Waals surface area contributed by atoms with E-state index in [1.165, 1.54) is 5.56 Å². The highest BCUT2D eigenvalue weighted by Gasteiger charge is 2.26. The molecule has 1 atom stereocenters. The van der Waals surface area contributed by atoms with Crippen molar-refractivity contribution in [2.45, 2.75) is 38.3 Å². The van der Waals surface area contributed by atoms with Gasteiger partial charge in [-0.3, -0.25) is 4.79 Å². The lowest BCUT2D eigenvalue weighted by Crippen LogP contribution is -2.27. The maximum atomic E-state index is 12.2. The molecule has 0 saturated carbocycles. The number of amides is 1. The number of methoxy groups -OCH3 is 2. The number of aromatic nitrogens is 1. The molecule has 1 aromatic carbocycles. The van der Waals surface area contributed by atoms with E-state index in [9.17, 15) is 4.79 Å². The highest BCUT2D eigenvalue weighted by Crippen LogP contribution is 2.39. The van der Waals surface area contributed by atoms with E-state index in [4.69, 9.17) is 9.47 Å². The van der Waals surface area contributed by atoms with Crippen molar-refractivity contribution in [2.75, 3.05) is 14.2 Å². The van der Waals surface area contributed by atoms with Gasteiger partial charge in [-0.2, -0.15) is 0 Å². The zero-order valence-electron chi connectivity index (χ0n) is 14.2. The van der Waals surface area contributed by atoms with E-state index in [1.54, 1.807) is 14.2 Å². The van der Waals surface area contributed by atoms with E-state index in [2.05, 4.69) is 9.88 Å². The number of hydrogen-bond acceptors (Lipinski definition) is 3. The van der Waals surface area contributed by atoms with Crippen LogP contribution in [0.2, 0.25) is 0 Å². The number of ether oxygens (including phenoxy) is 2. The molecular weight excluding hydrogens is 304 g/mol. The Morgan fingerprint density at radius 3 is 2.62 bits per heavy atom. The molecule has 1 heterocycles. The van der Waals surface area contributed by atoms with Gasteiger partial charge in [0.25, 0.3) is 0 Å². The largest absolute Gasteiger partial charge is 0.493 e. The average molecular weight is 328 g/mol. The summed E-state index contributed by atoms with van der Waals surface area (Å²) in [6, 6.07) is 8.08. The van der Waals surface area contributed by atoms with Gasteiger partial charge in [0.15, 0.2) is 11.5 Å². The first-order valence-corrected chi connectivity index (χ1v) is 8.36. The molecule has 2 aromatic rings. The van der Waals surface area contributed by atoms with Gasteiger partial charge in [-0.15, -0.1) is 0 Å². The van der Waals surface area contributed by atoms with Crippen LogP contribution in [0, 0.1) is 0 Å². The zero-order valence-corrected chi connectivity index (χ0v) is 14.2. The van der Waals surface area contributed by atoms with Gasteiger partial charge < -0.3 is 19.4 Å². The number of carbonyl (C=O) groups excluding carboxylic acids is 1. The van der Waals surface area contributed by atoms with Crippen LogP contribution in [-0.4, -0.2) is 24.7 Å². The lowest BCUT2D eigenvalue weighted by atomic mass is 10.1. The highest BCUT2D eigenvalue weighted by molar-refractivity contribution is 5.76. The zero-order chi connectivity index (χ0) is 16.9. The molecule has 5 heteroatoms. The van der Waals surface area contributed by atoms with E-state index in [1.807, 2.05) is 36.7 Å². The van der Waals surface area contributed by atoms with Crippen LogP contribution in [-0.2, 0) is 17.8 Å². The fourth-order valence-electron chi connectivity index (χ4n) is 3.29. The summed E-state index contributed by atoms with van der Waals surface area (Å²) in [5, 5.41) is 3.16. The predicted octanol–water partition coefficient (Wildman–Crippen LogP) is 3.09. The summed E-state index contributed by atoms with van der Waals surface area (Å²) in [7, 11) is 3.28. The molecule has 3 rings (SSSR count). The Morgan fingerprint density at radius 2 is 1.92 bits per heavy atom. The average Bonchev–Trinajstić information content (AvgIpc) is 3.23. The van der Waals surface area contributed by atoms with Gasteiger partial charge in [-0.1, -0.05) is 0 Å². The molecule has 1 N–H and O–H groups in total. The molecular formula is C19H24N2O3. The Kier molecular flexibility index (Phi) is 5.08. The van der Waals surface area contributed by atoms with Crippen LogP contribution >= 0.6 is 0 Å². The first kappa shape index (κ1) is 16.4. The molecule has 0 aliphatic heterocycles. The summed E-state index contributed by atoms with van der Waals surface area (Å²) in [4.78, 5) is 12.2. The molecule has 0 saturated heterocycles. The summed E-state index contributed by atoms with van der Waals surface area (Å²) in [6.45, 7) is 0.868. The first-order chi connectivity index (χ1) is 11.7. The molecule has 0 radical (unpaired) electrons. The third kappa shape index (κ3) is 3.55. The number of hydrogen-bond donors (Lipinski definition) is 1. The van der Waals surface area contributed by atoms with E-state index in [0.29, 0.717) is 12.2 Å². The summed E-state index contributed by atoms with van der Waals surface area (Å²) >= 11 is 0. The topological polar surface area (TPSA) is 52.5 Å². The molecule has 5 nitrogen and oxygen atoms in total. The second kappa shape index (κ2) is 7.43. The van der Waals surface area contributed by atoms with Crippen LogP contribution in [0.5, 0.6) is 11.5 Å². The van der Waals surface area contributed by atoms with Crippen molar-refractivity contribution < 1.29 is 14.3 Å². The molecule has 128 valence electrons. The van der Waals surface area contributed by atoms with Crippen LogP contribution < -0.4 is 14.8 Å². The summed E-state index contributed by atoms with van der Waals surface area (Å²) < 4.78 is 12.8. The normalized spacial score (nSPS) is 15.8. The SMILES string of the molecule is COc1cc2c(cc1OC)C(NC(=O)CCCn1cccc1)CC2. The van der Waals surface area contributed by atoms with Gasteiger partial charge in [0, 0.05) is 25.4 Å². The molecule has 1 aliphatic rings. The van der Waals surface area contributed by atoms with Crippen molar-refractivity contribution in [3.63, 3.8) is 0 Å². The van der Waals surface area contributed by atoms with Crippen LogP contribution in [0.1, 0.15) is 36.4 Å². The number of rotatable bonds is 7. The molecule has 1 aromatic heterocycles. The van der Waals surface area contributed by atoms with Gasteiger partial charge in [-0.25, -0.2) is 0 Å². The third-order valence-corrected chi connectivity index (χ3v) is 4.54. The van der Waals surface area contributed by atoms with Crippen LogP contribution in [0.15, 0.2) is 36.7 Å². The summed E-state index contributed by atoms with van der Waals surface area (Å²) in [5.74, 6) is 1.56. The monoisotopic (exact) mass is 328 g/mol. The lowest BCUT2D eigenvalue weighted by Gasteiger charge is -2.16. The Labute approximate surface area is 142 Å². The summed E-state index contributed by atoms with van der Waals surface area (Å²) in [6.07, 6.45) is 7.29. The smallest absolute Gasteiger partial charge is 0.220 e. The Hall–Kier alpha value is -2.43. The van der Waals surface area contributed by atoms with Crippen molar-refractivity contribution in [1.29, 1.82) is 0 Å². The van der Waals surface area contributed by atoms with E-state index in [-0.39, 0.29) is 11.9 Å². The number of nitrogens with one attached hydrogen (secondary N) is 1. The van der Waals surface area contributed by atoms with Gasteiger partial charge in [0.2, 0.25) is 5.91 Å². The Balaban J connectivity index is 1.58. The predicted molar refractivity (Wildman–Crippen MR) is 92.4 cm³/mol. The van der Waals surface area contributed by atoms with Crippen molar-refractivity contribution in [2.24, 2.45) is 0 Å². The van der Waals surface area contributed by atoms with Crippen molar-refractivity contribution in [3.05, 3.63) is 47.8 Å². The van der Waals surface area contributed by atoms with Crippen molar-refractivity contribution >= 4 is 5.91 Å². The first-order valence-electron chi connectivity index (χ1n) is 8.36. The van der Waals surface area contributed by atoms with Crippen LogP contribution in [0.3, 0.4) is 0 Å². The van der Waals surface area contributed by atoms with Gasteiger partial charge in [0.05, 0.1) is 20.3 Å². The highest BCUT2D eigenvalue weighted by atomic mass is 16.5. The summed E-state index contributed by atoms with van der Waals surface area (Å²) in [5.41, 5.74) is 2.37. The van der Waals surface area contributed by atoms with Crippen LogP contribution in [0.4, 0.5) is 0 Å². The molecule has 0 fully saturated rings. The quantitative estimate of drug-likeness (QED) is 0.850. The van der Waals surface area contributed by atoms with Gasteiger partial charge in [0.1, 0.15) is 0 Å². The molecule has 24 heavy (non-hydrogen) atoms. The van der Waals surface area contributed by atoms with Crippen molar-refractivity contribution in [1.82, 2.24) is 9.88 Å². The standard InChI is InChI=1S/C19H24N2O3/c1-23-17-12-14-7-8-16(15(14)13-18(17)24-2)20-19(22)6-5-11-21-9-3-4-10-21/h3-4,9-10,12-13,16H,5-8,11H2,1-2H3,(H,20,22). The third-order valence-electron chi connectivity index (χ3n) is 4.54. The second-order valence-corrected chi connectivity index (χ2v) is 6.09. The van der Waals surface area contributed by atoms with Gasteiger partial charge >= 0.3 is 0 Å². The number of fused-ring (bicyclic) bond motifs is 1. The minimum absolute atomic E-state index is 0.0684. The number of carbonyl (C=O) groups is 1. The maximum Gasteiger partial charge on any atom is 0.220 e. The lowest BCUT2D eigenvalue weighted by molar-refractivity contribution is -0.122. The minimum Gasteiger partial charge on any atom is -0.493 e. The Morgan fingerprint density at radius 1 is 1.21 bits per heavy atom. The molecule has 1 amide bonds. The van der Waals surface area contributed by atoms with Crippen molar-refractivity contribution in [3.8, 4) is 11.5 Å². The number of aryl methyl sites for hydroxylation is 2. The van der Waals surface area contributed by atoms with Gasteiger partial charge in [-0.05, 0) is 54.7 Å².